The number of benzene rings is 3. The lowest BCUT2D eigenvalue weighted by Gasteiger charge is -2.14. The van der Waals surface area contributed by atoms with E-state index in [1.807, 2.05) is 43.3 Å². The molecule has 1 aromatic heterocycles. The molecule has 0 fully saturated rings. The van der Waals surface area contributed by atoms with Gasteiger partial charge in [0, 0.05) is 11.6 Å². The number of nitrogens with one attached hydrogen (secondary N) is 1. The number of hydrogen-bond donors (Lipinski definition) is 1. The molecule has 0 bridgehead atoms. The van der Waals surface area contributed by atoms with Gasteiger partial charge in [0.1, 0.15) is 11.5 Å². The number of hydrazone groups is 1. The Bertz CT molecular complexity index is 1470. The molecule has 9 heteroatoms. The van der Waals surface area contributed by atoms with Crippen molar-refractivity contribution in [3.8, 4) is 17.2 Å². The number of thioether (sulfide) groups is 1. The van der Waals surface area contributed by atoms with Crippen LogP contribution >= 0.6 is 11.8 Å². The second-order valence-corrected chi connectivity index (χ2v) is 8.47. The summed E-state index contributed by atoms with van der Waals surface area (Å²) in [5.74, 6) is 0.909. The third-order valence-electron chi connectivity index (χ3n) is 5.27. The zero-order valence-corrected chi connectivity index (χ0v) is 20.3. The first-order chi connectivity index (χ1) is 17.0. The largest absolute Gasteiger partial charge is 0.497 e. The molecule has 0 unspecified atom stereocenters. The summed E-state index contributed by atoms with van der Waals surface area (Å²) in [6, 6.07) is 20.0. The molecule has 0 radical (unpaired) electrons. The Labute approximate surface area is 206 Å². The van der Waals surface area contributed by atoms with Gasteiger partial charge in [0.05, 0.1) is 42.8 Å². The summed E-state index contributed by atoms with van der Waals surface area (Å²) < 4.78 is 12.1. The number of aromatic nitrogens is 2. The summed E-state index contributed by atoms with van der Waals surface area (Å²) in [6.45, 7) is 1.93. The zero-order chi connectivity index (χ0) is 24.8. The van der Waals surface area contributed by atoms with E-state index in [0.29, 0.717) is 33.1 Å². The van der Waals surface area contributed by atoms with Crippen molar-refractivity contribution in [3.63, 3.8) is 0 Å². The first-order valence-corrected chi connectivity index (χ1v) is 11.7. The maximum Gasteiger partial charge on any atom is 0.266 e. The van der Waals surface area contributed by atoms with Gasteiger partial charge in [-0.3, -0.25) is 14.2 Å². The van der Waals surface area contributed by atoms with Crippen LogP contribution in [-0.4, -0.2) is 41.6 Å². The molecule has 1 N–H and O–H groups in total. The molecule has 0 aliphatic heterocycles. The minimum atomic E-state index is -0.336. The fourth-order valence-electron chi connectivity index (χ4n) is 3.50. The lowest BCUT2D eigenvalue weighted by atomic mass is 10.2. The number of fused-ring (bicyclic) bond motifs is 1. The molecule has 0 saturated carbocycles. The molecule has 3 aromatic carbocycles. The van der Waals surface area contributed by atoms with Gasteiger partial charge in [-0.1, -0.05) is 42.1 Å². The average molecular weight is 489 g/mol. The van der Waals surface area contributed by atoms with Crippen LogP contribution in [0.4, 0.5) is 0 Å². The van der Waals surface area contributed by atoms with Gasteiger partial charge in [0.25, 0.3) is 11.5 Å². The number of amides is 1. The van der Waals surface area contributed by atoms with Crippen LogP contribution in [0.2, 0.25) is 0 Å². The van der Waals surface area contributed by atoms with E-state index in [2.05, 4.69) is 15.5 Å². The molecule has 35 heavy (non-hydrogen) atoms. The van der Waals surface area contributed by atoms with Crippen LogP contribution in [-0.2, 0) is 4.79 Å². The predicted molar refractivity (Wildman–Crippen MR) is 138 cm³/mol. The van der Waals surface area contributed by atoms with Crippen molar-refractivity contribution >= 4 is 34.8 Å². The maximum atomic E-state index is 13.3. The van der Waals surface area contributed by atoms with Crippen LogP contribution in [0, 0.1) is 6.92 Å². The average Bonchev–Trinajstić information content (AvgIpc) is 2.88. The fraction of sp³-hybridized carbons (Fsp3) is 0.154. The molecule has 1 amide bonds. The maximum absolute atomic E-state index is 13.3. The SMILES string of the molecule is COc1ccc(/C=N/NC(=O)CSc2nc3ccccc3c(=O)n2-c2ccccc2C)c(OC)c1. The summed E-state index contributed by atoms with van der Waals surface area (Å²) in [6.07, 6.45) is 1.50. The Morgan fingerprint density at radius 1 is 1.09 bits per heavy atom. The van der Waals surface area contributed by atoms with Crippen LogP contribution in [0.3, 0.4) is 0 Å². The predicted octanol–water partition coefficient (Wildman–Crippen LogP) is 3.95. The highest BCUT2D eigenvalue weighted by Gasteiger charge is 2.16. The van der Waals surface area contributed by atoms with E-state index in [1.165, 1.54) is 18.0 Å². The zero-order valence-electron chi connectivity index (χ0n) is 19.5. The Hall–Kier alpha value is -4.11. The number of methoxy groups -OCH3 is 2. The third kappa shape index (κ3) is 5.36. The number of para-hydroxylation sites is 2. The topological polar surface area (TPSA) is 94.8 Å². The van der Waals surface area contributed by atoms with Crippen molar-refractivity contribution in [1.82, 2.24) is 15.0 Å². The van der Waals surface area contributed by atoms with Crippen molar-refractivity contribution in [2.75, 3.05) is 20.0 Å². The molecule has 4 rings (SSSR count). The standard InChI is InChI=1S/C26H24N4O4S/c1-17-8-4-7-11-22(17)30-25(32)20-9-5-6-10-21(20)28-26(30)35-16-24(31)29-27-15-18-12-13-19(33-2)14-23(18)34-3/h4-15H,16H2,1-3H3,(H,29,31)/b27-15+. The van der Waals surface area contributed by atoms with E-state index in [-0.39, 0.29) is 17.2 Å². The first-order valence-electron chi connectivity index (χ1n) is 10.8. The molecular weight excluding hydrogens is 464 g/mol. The lowest BCUT2D eigenvalue weighted by molar-refractivity contribution is -0.118. The summed E-state index contributed by atoms with van der Waals surface area (Å²) in [4.78, 5) is 30.5. The van der Waals surface area contributed by atoms with Crippen molar-refractivity contribution in [1.29, 1.82) is 0 Å². The van der Waals surface area contributed by atoms with Gasteiger partial charge in [-0.05, 0) is 42.8 Å². The molecule has 8 nitrogen and oxygen atoms in total. The van der Waals surface area contributed by atoms with Gasteiger partial charge >= 0.3 is 0 Å². The summed E-state index contributed by atoms with van der Waals surface area (Å²) in [5, 5.41) is 4.98. The molecule has 0 aliphatic rings. The van der Waals surface area contributed by atoms with E-state index >= 15 is 0 Å². The van der Waals surface area contributed by atoms with E-state index in [9.17, 15) is 9.59 Å². The Morgan fingerprint density at radius 3 is 2.63 bits per heavy atom. The Kier molecular flexibility index (Phi) is 7.47. The van der Waals surface area contributed by atoms with Gasteiger partial charge in [0.2, 0.25) is 0 Å². The molecule has 4 aromatic rings. The molecule has 0 aliphatic carbocycles. The van der Waals surface area contributed by atoms with Gasteiger partial charge in [-0.2, -0.15) is 5.10 Å². The van der Waals surface area contributed by atoms with E-state index in [4.69, 9.17) is 9.47 Å². The summed E-state index contributed by atoms with van der Waals surface area (Å²) >= 11 is 1.17. The first kappa shape index (κ1) is 24.0. The van der Waals surface area contributed by atoms with Gasteiger partial charge in [0.15, 0.2) is 5.16 Å². The number of carbonyl (C=O) groups is 1. The second kappa shape index (κ2) is 10.9. The minimum Gasteiger partial charge on any atom is -0.497 e. The quantitative estimate of drug-likeness (QED) is 0.175. The number of rotatable bonds is 8. The van der Waals surface area contributed by atoms with Crippen molar-refractivity contribution in [2.24, 2.45) is 5.10 Å². The van der Waals surface area contributed by atoms with Crippen molar-refractivity contribution < 1.29 is 14.3 Å². The van der Waals surface area contributed by atoms with Crippen LogP contribution < -0.4 is 20.5 Å². The molecule has 178 valence electrons. The lowest BCUT2D eigenvalue weighted by Crippen LogP contribution is -2.24. The fourth-order valence-corrected chi connectivity index (χ4v) is 4.30. The molecule has 0 spiro atoms. The minimum absolute atomic E-state index is 0.0216. The number of aryl methyl sites for hydroxylation is 1. The smallest absolute Gasteiger partial charge is 0.266 e. The molecule has 1 heterocycles. The highest BCUT2D eigenvalue weighted by molar-refractivity contribution is 7.99. The second-order valence-electron chi connectivity index (χ2n) is 7.53. The van der Waals surface area contributed by atoms with Gasteiger partial charge < -0.3 is 9.47 Å². The van der Waals surface area contributed by atoms with Gasteiger partial charge in [-0.25, -0.2) is 10.4 Å². The Balaban J connectivity index is 1.55. The summed E-state index contributed by atoms with van der Waals surface area (Å²) in [5.41, 5.74) is 5.25. The molecule has 0 atom stereocenters. The van der Waals surface area contributed by atoms with E-state index < -0.39 is 0 Å². The van der Waals surface area contributed by atoms with Crippen molar-refractivity contribution in [3.05, 3.63) is 88.2 Å². The molecular formula is C26H24N4O4S. The highest BCUT2D eigenvalue weighted by Crippen LogP contribution is 2.24. The van der Waals surface area contributed by atoms with Crippen LogP contribution in [0.25, 0.3) is 16.6 Å². The van der Waals surface area contributed by atoms with Crippen LogP contribution in [0.1, 0.15) is 11.1 Å². The number of nitrogens with zero attached hydrogens (tertiary/aromatic N) is 3. The number of hydrogen-bond acceptors (Lipinski definition) is 7. The Morgan fingerprint density at radius 2 is 1.86 bits per heavy atom. The van der Waals surface area contributed by atoms with E-state index in [0.717, 1.165) is 11.3 Å². The van der Waals surface area contributed by atoms with Gasteiger partial charge in [-0.15, -0.1) is 0 Å². The van der Waals surface area contributed by atoms with E-state index in [1.54, 1.807) is 49.1 Å². The normalized spacial score (nSPS) is 11.1. The number of ether oxygens (including phenoxy) is 2. The van der Waals surface area contributed by atoms with Crippen LogP contribution in [0.15, 0.2) is 81.8 Å². The monoisotopic (exact) mass is 488 g/mol. The summed E-state index contributed by atoms with van der Waals surface area (Å²) in [7, 11) is 3.12. The van der Waals surface area contributed by atoms with Crippen molar-refractivity contribution in [2.45, 2.75) is 12.1 Å². The number of carbonyl (C=O) groups excluding carboxylic acids is 1. The van der Waals surface area contributed by atoms with Crippen LogP contribution in [0.5, 0.6) is 11.5 Å². The molecule has 0 saturated heterocycles. The highest BCUT2D eigenvalue weighted by atomic mass is 32.2. The third-order valence-corrected chi connectivity index (χ3v) is 6.21.